The van der Waals surface area contributed by atoms with Gasteiger partial charge in [-0.1, -0.05) is 80.8 Å². The molecule has 1 unspecified atom stereocenters. The summed E-state index contributed by atoms with van der Waals surface area (Å²) in [5.41, 5.74) is 2.12. The van der Waals surface area contributed by atoms with Gasteiger partial charge in [0.25, 0.3) is 0 Å². The van der Waals surface area contributed by atoms with Crippen molar-refractivity contribution in [3.05, 3.63) is 90.0 Å². The van der Waals surface area contributed by atoms with Crippen LogP contribution in [0.15, 0.2) is 78.9 Å². The van der Waals surface area contributed by atoms with Crippen molar-refractivity contribution < 1.29 is 17.9 Å². The molecular formula is C26H27F3O. The largest absolute Gasteiger partial charge is 0.486 e. The van der Waals surface area contributed by atoms with Gasteiger partial charge in [-0.25, -0.2) is 0 Å². The number of halogens is 3. The molecule has 3 rings (SSSR count). The van der Waals surface area contributed by atoms with E-state index in [-0.39, 0.29) is 6.10 Å². The van der Waals surface area contributed by atoms with Crippen LogP contribution >= 0.6 is 0 Å². The van der Waals surface area contributed by atoms with E-state index in [4.69, 9.17) is 4.74 Å². The van der Waals surface area contributed by atoms with Crippen molar-refractivity contribution in [3.63, 3.8) is 0 Å². The highest BCUT2D eigenvalue weighted by Crippen LogP contribution is 2.32. The molecule has 1 atom stereocenters. The molecule has 0 spiro atoms. The van der Waals surface area contributed by atoms with Gasteiger partial charge in [0.05, 0.1) is 5.56 Å². The smallest absolute Gasteiger partial charge is 0.416 e. The summed E-state index contributed by atoms with van der Waals surface area (Å²) in [4.78, 5) is 0. The molecule has 1 nitrogen and oxygen atoms in total. The van der Waals surface area contributed by atoms with Gasteiger partial charge in [-0.3, -0.25) is 0 Å². The topological polar surface area (TPSA) is 9.23 Å². The normalized spacial score (nSPS) is 12.5. The minimum absolute atomic E-state index is 0.0139. The molecule has 0 aromatic heterocycles. The first-order chi connectivity index (χ1) is 14.5. The van der Waals surface area contributed by atoms with Crippen LogP contribution in [-0.4, -0.2) is 0 Å². The maximum absolute atomic E-state index is 12.8. The lowest BCUT2D eigenvalue weighted by molar-refractivity contribution is -0.137. The van der Waals surface area contributed by atoms with E-state index in [1.165, 1.54) is 31.4 Å². The van der Waals surface area contributed by atoms with E-state index in [0.717, 1.165) is 47.4 Å². The lowest BCUT2D eigenvalue weighted by atomic mass is 10.0. The molecule has 0 fully saturated rings. The first-order valence-electron chi connectivity index (χ1n) is 10.5. The Morgan fingerprint density at radius 3 is 1.90 bits per heavy atom. The Labute approximate surface area is 176 Å². The van der Waals surface area contributed by atoms with Gasteiger partial charge in [-0.2, -0.15) is 13.2 Å². The van der Waals surface area contributed by atoms with Crippen LogP contribution in [0.4, 0.5) is 13.2 Å². The Balaban J connectivity index is 1.70. The molecule has 0 aliphatic rings. The molecule has 30 heavy (non-hydrogen) atoms. The van der Waals surface area contributed by atoms with Crippen molar-refractivity contribution in [2.24, 2.45) is 0 Å². The van der Waals surface area contributed by atoms with Gasteiger partial charge >= 0.3 is 6.18 Å². The van der Waals surface area contributed by atoms with Crippen LogP contribution in [0.1, 0.15) is 56.3 Å². The average Bonchev–Trinajstić information content (AvgIpc) is 2.76. The molecule has 0 heterocycles. The summed E-state index contributed by atoms with van der Waals surface area (Å²) >= 11 is 0. The Morgan fingerprint density at radius 1 is 0.733 bits per heavy atom. The summed E-state index contributed by atoms with van der Waals surface area (Å²) in [5, 5.41) is 0. The van der Waals surface area contributed by atoms with Gasteiger partial charge in [0.2, 0.25) is 0 Å². The lowest BCUT2D eigenvalue weighted by Gasteiger charge is -2.20. The number of hydrogen-bond acceptors (Lipinski definition) is 1. The quantitative estimate of drug-likeness (QED) is 0.320. The summed E-state index contributed by atoms with van der Waals surface area (Å²) in [7, 11) is 0. The molecule has 0 saturated heterocycles. The molecule has 0 amide bonds. The number of benzene rings is 3. The Morgan fingerprint density at radius 2 is 1.33 bits per heavy atom. The van der Waals surface area contributed by atoms with Gasteiger partial charge in [0.15, 0.2) is 0 Å². The maximum Gasteiger partial charge on any atom is 0.416 e. The molecule has 0 bridgehead atoms. The van der Waals surface area contributed by atoms with Crippen LogP contribution in [0.25, 0.3) is 11.1 Å². The fourth-order valence-electron chi connectivity index (χ4n) is 3.46. The molecule has 0 aliphatic heterocycles. The Hall–Kier alpha value is -2.75. The third-order valence-electron chi connectivity index (χ3n) is 5.17. The van der Waals surface area contributed by atoms with Crippen molar-refractivity contribution in [2.45, 2.75) is 51.3 Å². The second kappa shape index (κ2) is 10.3. The Bertz CT molecular complexity index is 884. The predicted molar refractivity (Wildman–Crippen MR) is 115 cm³/mol. The van der Waals surface area contributed by atoms with Crippen molar-refractivity contribution >= 4 is 0 Å². The van der Waals surface area contributed by atoms with E-state index in [0.29, 0.717) is 0 Å². The van der Waals surface area contributed by atoms with Crippen LogP contribution in [0.5, 0.6) is 5.75 Å². The molecule has 3 aromatic carbocycles. The summed E-state index contributed by atoms with van der Waals surface area (Å²) in [5.74, 6) is 0.759. The molecule has 158 valence electrons. The molecule has 4 heteroatoms. The second-order valence-corrected chi connectivity index (χ2v) is 7.47. The maximum atomic E-state index is 12.8. The van der Waals surface area contributed by atoms with E-state index in [9.17, 15) is 13.2 Å². The first kappa shape index (κ1) is 21.9. The average molecular weight is 412 g/mol. The van der Waals surface area contributed by atoms with E-state index in [2.05, 4.69) is 19.1 Å². The molecule has 0 saturated carbocycles. The van der Waals surface area contributed by atoms with Crippen molar-refractivity contribution in [1.29, 1.82) is 0 Å². The zero-order valence-electron chi connectivity index (χ0n) is 17.2. The number of rotatable bonds is 9. The molecule has 3 aromatic rings. The third kappa shape index (κ3) is 6.12. The number of ether oxygens (including phenoxy) is 1. The standard InChI is InChI=1S/C26H27F3O/c1-2-3-4-8-11-25(22-9-6-5-7-10-22)30-24-18-14-21(15-19-24)20-12-16-23(17-13-20)26(27,28)29/h5-7,9-10,12-19,25H,2-4,8,11H2,1H3. The van der Waals surface area contributed by atoms with Gasteiger partial charge in [0.1, 0.15) is 11.9 Å². The predicted octanol–water partition coefficient (Wildman–Crippen LogP) is 8.46. The highest BCUT2D eigenvalue weighted by molar-refractivity contribution is 5.64. The van der Waals surface area contributed by atoms with Crippen molar-refractivity contribution in [1.82, 2.24) is 0 Å². The molecular weight excluding hydrogens is 385 g/mol. The Kier molecular flexibility index (Phi) is 7.56. The molecule has 0 N–H and O–H groups in total. The number of alkyl halides is 3. The molecule has 0 aliphatic carbocycles. The minimum atomic E-state index is -4.32. The highest BCUT2D eigenvalue weighted by atomic mass is 19.4. The second-order valence-electron chi connectivity index (χ2n) is 7.47. The fourth-order valence-corrected chi connectivity index (χ4v) is 3.46. The van der Waals surface area contributed by atoms with E-state index >= 15 is 0 Å². The van der Waals surface area contributed by atoms with Gasteiger partial charge in [-0.15, -0.1) is 0 Å². The van der Waals surface area contributed by atoms with Crippen LogP contribution in [0, 0.1) is 0 Å². The van der Waals surface area contributed by atoms with Crippen molar-refractivity contribution in [3.8, 4) is 16.9 Å². The summed E-state index contributed by atoms with van der Waals surface area (Å²) in [6, 6.07) is 23.0. The summed E-state index contributed by atoms with van der Waals surface area (Å²) < 4.78 is 44.5. The first-order valence-corrected chi connectivity index (χ1v) is 10.5. The van der Waals surface area contributed by atoms with Crippen LogP contribution in [0.2, 0.25) is 0 Å². The van der Waals surface area contributed by atoms with Crippen molar-refractivity contribution in [2.75, 3.05) is 0 Å². The highest BCUT2D eigenvalue weighted by Gasteiger charge is 2.29. The fraction of sp³-hybridized carbons (Fsp3) is 0.308. The summed E-state index contributed by atoms with van der Waals surface area (Å²) in [6.07, 6.45) is 1.34. The van der Waals surface area contributed by atoms with Gasteiger partial charge in [-0.05, 0) is 53.8 Å². The monoisotopic (exact) mass is 412 g/mol. The summed E-state index contributed by atoms with van der Waals surface area (Å²) in [6.45, 7) is 2.20. The lowest BCUT2D eigenvalue weighted by Crippen LogP contribution is -2.07. The van der Waals surface area contributed by atoms with Crippen LogP contribution in [-0.2, 0) is 6.18 Å². The third-order valence-corrected chi connectivity index (χ3v) is 5.17. The van der Waals surface area contributed by atoms with Crippen LogP contribution in [0.3, 0.4) is 0 Å². The van der Waals surface area contributed by atoms with E-state index in [1.54, 1.807) is 0 Å². The zero-order chi connectivity index (χ0) is 21.4. The minimum Gasteiger partial charge on any atom is -0.486 e. The zero-order valence-corrected chi connectivity index (χ0v) is 17.2. The van der Waals surface area contributed by atoms with E-state index in [1.807, 2.05) is 42.5 Å². The SMILES string of the molecule is CCCCCCC(Oc1ccc(-c2ccc(C(F)(F)F)cc2)cc1)c1ccccc1. The molecule has 0 radical (unpaired) electrons. The van der Waals surface area contributed by atoms with E-state index < -0.39 is 11.7 Å². The van der Waals surface area contributed by atoms with Gasteiger partial charge in [0, 0.05) is 0 Å². The number of unbranched alkanes of at least 4 members (excludes halogenated alkanes) is 3. The van der Waals surface area contributed by atoms with Crippen LogP contribution < -0.4 is 4.74 Å². The number of hydrogen-bond donors (Lipinski definition) is 0. The van der Waals surface area contributed by atoms with Gasteiger partial charge < -0.3 is 4.74 Å².